The summed E-state index contributed by atoms with van der Waals surface area (Å²) < 4.78 is 6.76. The fraction of sp³-hybridized carbons (Fsp3) is 0.294. The molecule has 0 fully saturated rings. The van der Waals surface area contributed by atoms with Gasteiger partial charge in [-0.15, -0.1) is 0 Å². The SMILES string of the molecule is Cc1ccc(C(N)c2cccc(OC(C)C)c2)c(Br)c1. The van der Waals surface area contributed by atoms with Crippen molar-refractivity contribution in [1.82, 2.24) is 0 Å². The molecule has 0 aliphatic carbocycles. The second kappa shape index (κ2) is 6.42. The molecule has 2 nitrogen and oxygen atoms in total. The molecular formula is C17H20BrNO. The number of hydrogen-bond donors (Lipinski definition) is 1. The molecule has 0 saturated carbocycles. The summed E-state index contributed by atoms with van der Waals surface area (Å²) >= 11 is 3.59. The molecule has 0 spiro atoms. The van der Waals surface area contributed by atoms with Gasteiger partial charge in [-0.1, -0.05) is 40.2 Å². The Labute approximate surface area is 129 Å². The van der Waals surface area contributed by atoms with E-state index in [0.29, 0.717) is 0 Å². The third kappa shape index (κ3) is 3.62. The number of ether oxygens (including phenoxy) is 1. The predicted molar refractivity (Wildman–Crippen MR) is 87.1 cm³/mol. The molecule has 0 aliphatic rings. The normalized spacial score (nSPS) is 12.5. The Morgan fingerprint density at radius 1 is 1.10 bits per heavy atom. The molecule has 0 aromatic heterocycles. The van der Waals surface area contributed by atoms with Crippen LogP contribution in [0.1, 0.15) is 36.6 Å². The van der Waals surface area contributed by atoms with Gasteiger partial charge in [0.05, 0.1) is 12.1 Å². The van der Waals surface area contributed by atoms with Crippen molar-refractivity contribution < 1.29 is 4.74 Å². The number of hydrogen-bond acceptors (Lipinski definition) is 2. The van der Waals surface area contributed by atoms with Gasteiger partial charge >= 0.3 is 0 Å². The highest BCUT2D eigenvalue weighted by Gasteiger charge is 2.13. The van der Waals surface area contributed by atoms with Gasteiger partial charge < -0.3 is 10.5 Å². The van der Waals surface area contributed by atoms with Crippen molar-refractivity contribution in [1.29, 1.82) is 0 Å². The number of halogens is 1. The quantitative estimate of drug-likeness (QED) is 0.887. The molecule has 2 aromatic rings. The lowest BCUT2D eigenvalue weighted by molar-refractivity contribution is 0.242. The van der Waals surface area contributed by atoms with Gasteiger partial charge in [0.15, 0.2) is 0 Å². The fourth-order valence-corrected chi connectivity index (χ4v) is 2.86. The summed E-state index contributed by atoms with van der Waals surface area (Å²) in [5, 5.41) is 0. The van der Waals surface area contributed by atoms with Crippen LogP contribution >= 0.6 is 15.9 Å². The van der Waals surface area contributed by atoms with Crippen molar-refractivity contribution in [3.63, 3.8) is 0 Å². The summed E-state index contributed by atoms with van der Waals surface area (Å²) in [5.74, 6) is 0.858. The molecule has 3 heteroatoms. The fourth-order valence-electron chi connectivity index (χ4n) is 2.12. The average Bonchev–Trinajstić information content (AvgIpc) is 2.37. The van der Waals surface area contributed by atoms with Crippen LogP contribution in [0.15, 0.2) is 46.9 Å². The highest BCUT2D eigenvalue weighted by Crippen LogP contribution is 2.29. The first kappa shape index (κ1) is 15.1. The zero-order valence-electron chi connectivity index (χ0n) is 12.1. The van der Waals surface area contributed by atoms with Gasteiger partial charge in [-0.3, -0.25) is 0 Å². The zero-order valence-corrected chi connectivity index (χ0v) is 13.6. The highest BCUT2D eigenvalue weighted by molar-refractivity contribution is 9.10. The molecule has 0 heterocycles. The zero-order chi connectivity index (χ0) is 14.7. The molecule has 2 rings (SSSR count). The Morgan fingerprint density at radius 3 is 2.50 bits per heavy atom. The van der Waals surface area contributed by atoms with Crippen LogP contribution in [0, 0.1) is 6.92 Å². The van der Waals surface area contributed by atoms with E-state index in [-0.39, 0.29) is 12.1 Å². The molecule has 1 atom stereocenters. The summed E-state index contributed by atoms with van der Waals surface area (Å²) in [7, 11) is 0. The first-order chi connectivity index (χ1) is 9.47. The van der Waals surface area contributed by atoms with Gasteiger partial charge in [-0.25, -0.2) is 0 Å². The molecule has 2 aromatic carbocycles. The van der Waals surface area contributed by atoms with Gasteiger partial charge in [-0.2, -0.15) is 0 Å². The van der Waals surface area contributed by atoms with Gasteiger partial charge in [0.25, 0.3) is 0 Å². The first-order valence-corrected chi connectivity index (χ1v) is 7.55. The molecule has 2 N–H and O–H groups in total. The molecule has 0 saturated heterocycles. The largest absolute Gasteiger partial charge is 0.491 e. The Bertz CT molecular complexity index is 595. The second-order valence-electron chi connectivity index (χ2n) is 5.24. The number of aryl methyl sites for hydroxylation is 1. The topological polar surface area (TPSA) is 35.2 Å². The summed E-state index contributed by atoms with van der Waals surface area (Å²) in [6, 6.07) is 14.1. The standard InChI is InChI=1S/C17H20BrNO/c1-11(2)20-14-6-4-5-13(10-14)17(19)15-8-7-12(3)9-16(15)18/h4-11,17H,19H2,1-3H3. The third-order valence-corrected chi connectivity index (χ3v) is 3.77. The van der Waals surface area contributed by atoms with Crippen molar-refractivity contribution in [2.45, 2.75) is 32.9 Å². The lowest BCUT2D eigenvalue weighted by Gasteiger charge is -2.17. The maximum Gasteiger partial charge on any atom is 0.120 e. The minimum Gasteiger partial charge on any atom is -0.491 e. The van der Waals surface area contributed by atoms with E-state index in [4.69, 9.17) is 10.5 Å². The van der Waals surface area contributed by atoms with Crippen LogP contribution in [-0.2, 0) is 0 Å². The van der Waals surface area contributed by atoms with Crippen molar-refractivity contribution in [3.8, 4) is 5.75 Å². The van der Waals surface area contributed by atoms with Crippen LogP contribution < -0.4 is 10.5 Å². The van der Waals surface area contributed by atoms with E-state index >= 15 is 0 Å². The molecular weight excluding hydrogens is 314 g/mol. The Hall–Kier alpha value is -1.32. The van der Waals surface area contributed by atoms with Crippen LogP contribution in [-0.4, -0.2) is 6.10 Å². The van der Waals surface area contributed by atoms with Crippen LogP contribution in [0.4, 0.5) is 0 Å². The van der Waals surface area contributed by atoms with Crippen LogP contribution in [0.25, 0.3) is 0 Å². The average molecular weight is 334 g/mol. The lowest BCUT2D eigenvalue weighted by atomic mass is 9.98. The van der Waals surface area contributed by atoms with E-state index in [2.05, 4.69) is 41.1 Å². The Kier molecular flexibility index (Phi) is 4.84. The van der Waals surface area contributed by atoms with Crippen molar-refractivity contribution in [2.24, 2.45) is 5.73 Å². The molecule has 1 unspecified atom stereocenters. The number of benzene rings is 2. The maximum absolute atomic E-state index is 6.38. The third-order valence-electron chi connectivity index (χ3n) is 3.08. The summed E-state index contributed by atoms with van der Waals surface area (Å²) in [6.45, 7) is 6.10. The van der Waals surface area contributed by atoms with E-state index in [0.717, 1.165) is 21.3 Å². The van der Waals surface area contributed by atoms with E-state index in [9.17, 15) is 0 Å². The van der Waals surface area contributed by atoms with Crippen molar-refractivity contribution >= 4 is 15.9 Å². The van der Waals surface area contributed by atoms with E-state index in [1.54, 1.807) is 0 Å². The highest BCUT2D eigenvalue weighted by atomic mass is 79.9. The summed E-state index contributed by atoms with van der Waals surface area (Å²) in [4.78, 5) is 0. The van der Waals surface area contributed by atoms with E-state index < -0.39 is 0 Å². The molecule has 106 valence electrons. The first-order valence-electron chi connectivity index (χ1n) is 6.75. The molecule has 0 amide bonds. The molecule has 0 bridgehead atoms. The Balaban J connectivity index is 2.30. The van der Waals surface area contributed by atoms with Gasteiger partial charge in [0.2, 0.25) is 0 Å². The van der Waals surface area contributed by atoms with E-state index in [1.165, 1.54) is 5.56 Å². The smallest absolute Gasteiger partial charge is 0.120 e. The number of nitrogens with two attached hydrogens (primary N) is 1. The second-order valence-corrected chi connectivity index (χ2v) is 6.10. The summed E-state index contributed by atoms with van der Waals surface area (Å²) in [5.41, 5.74) is 9.72. The molecule has 20 heavy (non-hydrogen) atoms. The maximum atomic E-state index is 6.38. The van der Waals surface area contributed by atoms with Gasteiger partial charge in [0.1, 0.15) is 5.75 Å². The van der Waals surface area contributed by atoms with Crippen LogP contribution in [0.2, 0.25) is 0 Å². The minimum absolute atomic E-state index is 0.160. The number of rotatable bonds is 4. The lowest BCUT2D eigenvalue weighted by Crippen LogP contribution is -2.13. The summed E-state index contributed by atoms with van der Waals surface area (Å²) in [6.07, 6.45) is 0.160. The van der Waals surface area contributed by atoms with Crippen LogP contribution in [0.5, 0.6) is 5.75 Å². The van der Waals surface area contributed by atoms with Crippen LogP contribution in [0.3, 0.4) is 0 Å². The predicted octanol–water partition coefficient (Wildman–Crippen LogP) is 4.59. The van der Waals surface area contributed by atoms with Crippen molar-refractivity contribution in [2.75, 3.05) is 0 Å². The molecule has 0 aliphatic heterocycles. The minimum atomic E-state index is -0.166. The van der Waals surface area contributed by atoms with Crippen molar-refractivity contribution in [3.05, 3.63) is 63.6 Å². The monoisotopic (exact) mass is 333 g/mol. The van der Waals surface area contributed by atoms with Gasteiger partial charge in [0, 0.05) is 4.47 Å². The van der Waals surface area contributed by atoms with E-state index in [1.807, 2.05) is 38.1 Å². The Morgan fingerprint density at radius 2 is 1.85 bits per heavy atom. The molecule has 0 radical (unpaired) electrons. The van der Waals surface area contributed by atoms with Gasteiger partial charge in [-0.05, 0) is 55.7 Å².